The number of ether oxygens (including phenoxy) is 3. The number of nitrogens with zero attached hydrogens (tertiary/aromatic N) is 1. The van der Waals surface area contributed by atoms with Gasteiger partial charge in [0.25, 0.3) is 5.91 Å². The Morgan fingerprint density at radius 2 is 1.87 bits per heavy atom. The molecule has 0 unspecified atom stereocenters. The number of aryl methyl sites for hydroxylation is 1. The van der Waals surface area contributed by atoms with Crippen molar-refractivity contribution in [3.8, 4) is 11.5 Å². The standard InChI is InChI=1S/C22H24N2O6/c1-4-16-5-8-18(9-6-16)23-22(26)15(3)30-21(25)12-29-24-14(2)17-7-10-19-20(11-17)28-13-27-19/h5-11,15H,4,12-13H2,1-3H3,(H,23,26)/b24-14-/t15-/m1/s1. The van der Waals surface area contributed by atoms with Gasteiger partial charge in [-0.3, -0.25) is 4.79 Å². The third-order valence-corrected chi connectivity index (χ3v) is 4.48. The lowest BCUT2D eigenvalue weighted by molar-refractivity contribution is -0.157. The second kappa shape index (κ2) is 9.78. The molecule has 2 aromatic carbocycles. The van der Waals surface area contributed by atoms with Gasteiger partial charge in [0, 0.05) is 11.3 Å². The molecule has 1 N–H and O–H groups in total. The Bertz CT molecular complexity index is 939. The first kappa shape index (κ1) is 21.2. The molecule has 1 aliphatic rings. The number of amides is 1. The second-order valence-electron chi connectivity index (χ2n) is 6.69. The number of hydrogen-bond donors (Lipinski definition) is 1. The molecule has 0 radical (unpaired) electrons. The van der Waals surface area contributed by atoms with Crippen LogP contribution in [0.1, 0.15) is 31.9 Å². The molecule has 158 valence electrons. The third kappa shape index (κ3) is 5.50. The fourth-order valence-corrected chi connectivity index (χ4v) is 2.71. The first-order chi connectivity index (χ1) is 14.5. The fraction of sp³-hybridized carbons (Fsp3) is 0.318. The quantitative estimate of drug-likeness (QED) is 0.406. The van der Waals surface area contributed by atoms with Crippen LogP contribution in [0.5, 0.6) is 11.5 Å². The highest BCUT2D eigenvalue weighted by Gasteiger charge is 2.18. The topological polar surface area (TPSA) is 95.5 Å². The predicted molar refractivity (Wildman–Crippen MR) is 111 cm³/mol. The molecule has 3 rings (SSSR count). The molecule has 8 nitrogen and oxygen atoms in total. The van der Waals surface area contributed by atoms with Gasteiger partial charge < -0.3 is 24.4 Å². The zero-order valence-electron chi connectivity index (χ0n) is 17.1. The van der Waals surface area contributed by atoms with Crippen molar-refractivity contribution in [2.45, 2.75) is 33.3 Å². The number of carbonyl (C=O) groups excluding carboxylic acids is 2. The number of anilines is 1. The van der Waals surface area contributed by atoms with E-state index in [9.17, 15) is 9.59 Å². The Morgan fingerprint density at radius 1 is 1.13 bits per heavy atom. The van der Waals surface area contributed by atoms with Crippen LogP contribution in [0.25, 0.3) is 0 Å². The van der Waals surface area contributed by atoms with Crippen LogP contribution in [-0.4, -0.2) is 37.1 Å². The SMILES string of the molecule is CCc1ccc(NC(=O)[C@@H](C)OC(=O)CO/N=C(/C)c2ccc3c(c2)OCO3)cc1. The molecule has 2 aromatic rings. The largest absolute Gasteiger partial charge is 0.454 e. The second-order valence-corrected chi connectivity index (χ2v) is 6.69. The lowest BCUT2D eigenvalue weighted by Crippen LogP contribution is -2.31. The van der Waals surface area contributed by atoms with Gasteiger partial charge in [-0.2, -0.15) is 0 Å². The van der Waals surface area contributed by atoms with Gasteiger partial charge in [-0.1, -0.05) is 24.2 Å². The first-order valence-corrected chi connectivity index (χ1v) is 9.62. The minimum atomic E-state index is -0.967. The molecule has 0 saturated carbocycles. The Morgan fingerprint density at radius 3 is 2.60 bits per heavy atom. The van der Waals surface area contributed by atoms with Crippen LogP contribution in [0.3, 0.4) is 0 Å². The van der Waals surface area contributed by atoms with E-state index in [2.05, 4.69) is 17.4 Å². The molecule has 0 bridgehead atoms. The van der Waals surface area contributed by atoms with Gasteiger partial charge in [-0.15, -0.1) is 0 Å². The van der Waals surface area contributed by atoms with Crippen LogP contribution in [0, 0.1) is 0 Å². The van der Waals surface area contributed by atoms with Crippen molar-refractivity contribution in [1.29, 1.82) is 0 Å². The van der Waals surface area contributed by atoms with Crippen LogP contribution in [-0.2, 0) is 25.6 Å². The molecule has 0 spiro atoms. The highest BCUT2D eigenvalue weighted by Crippen LogP contribution is 2.32. The molecule has 0 saturated heterocycles. The summed E-state index contributed by atoms with van der Waals surface area (Å²) in [5.41, 5.74) is 3.14. The van der Waals surface area contributed by atoms with Gasteiger partial charge in [0.05, 0.1) is 5.71 Å². The maximum Gasteiger partial charge on any atom is 0.347 e. The number of benzene rings is 2. The van der Waals surface area contributed by atoms with Gasteiger partial charge in [0.1, 0.15) is 0 Å². The van der Waals surface area contributed by atoms with E-state index in [0.29, 0.717) is 22.9 Å². The van der Waals surface area contributed by atoms with Crippen molar-refractivity contribution < 1.29 is 28.6 Å². The maximum atomic E-state index is 12.2. The Balaban J connectivity index is 1.45. The van der Waals surface area contributed by atoms with Gasteiger partial charge in [-0.25, -0.2) is 4.79 Å². The summed E-state index contributed by atoms with van der Waals surface area (Å²) in [6, 6.07) is 12.8. The highest BCUT2D eigenvalue weighted by atomic mass is 16.7. The van der Waals surface area contributed by atoms with Crippen molar-refractivity contribution >= 4 is 23.3 Å². The summed E-state index contributed by atoms with van der Waals surface area (Å²) < 4.78 is 15.7. The molecule has 1 heterocycles. The van der Waals surface area contributed by atoms with Crippen LogP contribution in [0.4, 0.5) is 5.69 Å². The number of nitrogens with one attached hydrogen (secondary N) is 1. The van der Waals surface area contributed by atoms with E-state index in [-0.39, 0.29) is 6.79 Å². The molecule has 1 amide bonds. The van der Waals surface area contributed by atoms with E-state index in [1.807, 2.05) is 30.3 Å². The minimum absolute atomic E-state index is 0.188. The van der Waals surface area contributed by atoms with E-state index in [1.54, 1.807) is 19.1 Å². The number of hydrogen-bond acceptors (Lipinski definition) is 7. The summed E-state index contributed by atoms with van der Waals surface area (Å²) >= 11 is 0. The molecule has 8 heteroatoms. The molecule has 0 aromatic heterocycles. The lowest BCUT2D eigenvalue weighted by atomic mass is 10.1. The number of fused-ring (bicyclic) bond motifs is 1. The summed E-state index contributed by atoms with van der Waals surface area (Å²) in [6.07, 6.45) is -0.0512. The average molecular weight is 412 g/mol. The average Bonchev–Trinajstić information content (AvgIpc) is 3.22. The van der Waals surface area contributed by atoms with Crippen LogP contribution < -0.4 is 14.8 Å². The van der Waals surface area contributed by atoms with Crippen LogP contribution in [0.2, 0.25) is 0 Å². The minimum Gasteiger partial charge on any atom is -0.454 e. The number of rotatable bonds is 8. The molecule has 30 heavy (non-hydrogen) atoms. The third-order valence-electron chi connectivity index (χ3n) is 4.48. The Kier molecular flexibility index (Phi) is 6.90. The molecule has 1 aliphatic heterocycles. The molecular formula is C22H24N2O6. The normalized spacial score (nSPS) is 13.5. The summed E-state index contributed by atoms with van der Waals surface area (Å²) in [7, 11) is 0. The summed E-state index contributed by atoms with van der Waals surface area (Å²) in [4.78, 5) is 29.2. The van der Waals surface area contributed by atoms with E-state index < -0.39 is 24.6 Å². The molecule has 0 fully saturated rings. The summed E-state index contributed by atoms with van der Waals surface area (Å²) in [5, 5.41) is 6.62. The van der Waals surface area contributed by atoms with Crippen molar-refractivity contribution in [2.75, 3.05) is 18.7 Å². The van der Waals surface area contributed by atoms with Crippen molar-refractivity contribution in [3.63, 3.8) is 0 Å². The van der Waals surface area contributed by atoms with E-state index in [4.69, 9.17) is 19.0 Å². The van der Waals surface area contributed by atoms with E-state index >= 15 is 0 Å². The predicted octanol–water partition coefficient (Wildman–Crippen LogP) is 3.29. The molecule has 1 atom stereocenters. The molecular weight excluding hydrogens is 388 g/mol. The van der Waals surface area contributed by atoms with E-state index in [1.165, 1.54) is 12.5 Å². The van der Waals surface area contributed by atoms with Gasteiger partial charge in [0.2, 0.25) is 13.4 Å². The summed E-state index contributed by atoms with van der Waals surface area (Å²) in [6.45, 7) is 5.06. The van der Waals surface area contributed by atoms with Gasteiger partial charge >= 0.3 is 5.97 Å². The monoisotopic (exact) mass is 412 g/mol. The van der Waals surface area contributed by atoms with Gasteiger partial charge in [0.15, 0.2) is 17.6 Å². The zero-order chi connectivity index (χ0) is 21.5. The van der Waals surface area contributed by atoms with E-state index in [0.717, 1.165) is 12.0 Å². The molecule has 0 aliphatic carbocycles. The maximum absolute atomic E-state index is 12.2. The zero-order valence-corrected chi connectivity index (χ0v) is 17.1. The Labute approximate surface area is 174 Å². The Hall–Kier alpha value is -3.55. The summed E-state index contributed by atoms with van der Waals surface area (Å²) in [5.74, 6) is 0.184. The first-order valence-electron chi connectivity index (χ1n) is 9.62. The van der Waals surface area contributed by atoms with Crippen molar-refractivity contribution in [2.24, 2.45) is 5.16 Å². The van der Waals surface area contributed by atoms with Gasteiger partial charge in [-0.05, 0) is 56.2 Å². The number of esters is 1. The number of oxime groups is 1. The smallest absolute Gasteiger partial charge is 0.347 e. The van der Waals surface area contributed by atoms with Crippen molar-refractivity contribution in [1.82, 2.24) is 0 Å². The highest BCUT2D eigenvalue weighted by molar-refractivity contribution is 5.99. The lowest BCUT2D eigenvalue weighted by Gasteiger charge is -2.13. The number of carbonyl (C=O) groups is 2. The van der Waals surface area contributed by atoms with Crippen molar-refractivity contribution in [3.05, 3.63) is 53.6 Å². The van der Waals surface area contributed by atoms with Crippen LogP contribution >= 0.6 is 0 Å². The fourth-order valence-electron chi connectivity index (χ4n) is 2.71. The van der Waals surface area contributed by atoms with Crippen LogP contribution in [0.15, 0.2) is 47.6 Å².